The van der Waals surface area contributed by atoms with E-state index in [0.717, 1.165) is 38.6 Å². The molecule has 1 saturated heterocycles. The van der Waals surface area contributed by atoms with Crippen LogP contribution in [-0.2, 0) is 9.47 Å². The Kier molecular flexibility index (Phi) is 4.15. The minimum absolute atomic E-state index is 0.188. The molecule has 1 heterocycles. The summed E-state index contributed by atoms with van der Waals surface area (Å²) < 4.78 is 11.1. The summed E-state index contributed by atoms with van der Waals surface area (Å²) in [7, 11) is 0. The average Bonchev–Trinajstić information content (AvgIpc) is 2.92. The van der Waals surface area contributed by atoms with Crippen molar-refractivity contribution < 1.29 is 14.3 Å². The van der Waals surface area contributed by atoms with Gasteiger partial charge in [0, 0.05) is 25.6 Å². The predicted molar refractivity (Wildman–Crippen MR) is 69.5 cm³/mol. The summed E-state index contributed by atoms with van der Waals surface area (Å²) in [6.07, 6.45) is 3.50. The van der Waals surface area contributed by atoms with Crippen molar-refractivity contribution in [1.82, 2.24) is 4.90 Å². The lowest BCUT2D eigenvalue weighted by atomic mass is 10.1. The number of carbonyl (C=O) groups is 1. The third kappa shape index (κ3) is 4.48. The van der Waals surface area contributed by atoms with E-state index in [-0.39, 0.29) is 6.09 Å². The number of rotatable bonds is 4. The van der Waals surface area contributed by atoms with E-state index in [1.807, 2.05) is 20.8 Å². The SMILES string of the molecule is CC(C)(C)OC(=O)N1CC[C@@H](COCC2CC2)C1. The van der Waals surface area contributed by atoms with Gasteiger partial charge < -0.3 is 14.4 Å². The number of ether oxygens (including phenoxy) is 2. The normalized spacial score (nSPS) is 24.4. The third-order valence-corrected chi connectivity index (χ3v) is 3.34. The second kappa shape index (κ2) is 5.47. The summed E-state index contributed by atoms with van der Waals surface area (Å²) in [6, 6.07) is 0. The molecule has 0 bridgehead atoms. The minimum Gasteiger partial charge on any atom is -0.444 e. The highest BCUT2D eigenvalue weighted by molar-refractivity contribution is 5.68. The molecule has 1 aliphatic carbocycles. The van der Waals surface area contributed by atoms with Crippen molar-refractivity contribution in [2.75, 3.05) is 26.3 Å². The molecule has 104 valence electrons. The molecule has 2 aliphatic rings. The van der Waals surface area contributed by atoms with E-state index in [2.05, 4.69) is 0 Å². The second-order valence-electron chi connectivity index (χ2n) is 6.56. The van der Waals surface area contributed by atoms with Gasteiger partial charge in [0.15, 0.2) is 0 Å². The summed E-state index contributed by atoms with van der Waals surface area (Å²) in [4.78, 5) is 13.7. The maximum Gasteiger partial charge on any atom is 0.410 e. The van der Waals surface area contributed by atoms with Crippen molar-refractivity contribution in [2.45, 2.75) is 45.6 Å². The van der Waals surface area contributed by atoms with Crippen molar-refractivity contribution in [3.63, 3.8) is 0 Å². The van der Waals surface area contributed by atoms with E-state index in [1.54, 1.807) is 4.90 Å². The fourth-order valence-electron chi connectivity index (χ4n) is 2.15. The van der Waals surface area contributed by atoms with Gasteiger partial charge in [0.1, 0.15) is 5.60 Å². The van der Waals surface area contributed by atoms with Gasteiger partial charge in [-0.3, -0.25) is 0 Å². The van der Waals surface area contributed by atoms with Crippen molar-refractivity contribution in [1.29, 1.82) is 0 Å². The molecular weight excluding hydrogens is 230 g/mol. The minimum atomic E-state index is -0.405. The van der Waals surface area contributed by atoms with Gasteiger partial charge in [-0.15, -0.1) is 0 Å². The van der Waals surface area contributed by atoms with Crippen LogP contribution in [0, 0.1) is 11.8 Å². The maximum absolute atomic E-state index is 11.9. The zero-order valence-corrected chi connectivity index (χ0v) is 11.8. The molecule has 1 aliphatic heterocycles. The molecule has 2 fully saturated rings. The number of amides is 1. The van der Waals surface area contributed by atoms with Crippen molar-refractivity contribution in [3.8, 4) is 0 Å². The van der Waals surface area contributed by atoms with Crippen molar-refractivity contribution in [3.05, 3.63) is 0 Å². The number of nitrogens with zero attached hydrogens (tertiary/aromatic N) is 1. The van der Waals surface area contributed by atoms with Gasteiger partial charge in [-0.2, -0.15) is 0 Å². The van der Waals surface area contributed by atoms with Crippen molar-refractivity contribution in [2.24, 2.45) is 11.8 Å². The highest BCUT2D eigenvalue weighted by Crippen LogP contribution is 2.29. The Balaban J connectivity index is 1.65. The Bertz CT molecular complexity index is 294. The Hall–Kier alpha value is -0.770. The number of hydrogen-bond donors (Lipinski definition) is 0. The Morgan fingerprint density at radius 3 is 2.44 bits per heavy atom. The fraction of sp³-hybridized carbons (Fsp3) is 0.929. The van der Waals surface area contributed by atoms with Crippen LogP contribution in [0.1, 0.15) is 40.0 Å². The van der Waals surface area contributed by atoms with Crippen LogP contribution in [0.25, 0.3) is 0 Å². The Labute approximate surface area is 110 Å². The van der Waals surface area contributed by atoms with E-state index in [1.165, 1.54) is 12.8 Å². The van der Waals surface area contributed by atoms with E-state index >= 15 is 0 Å². The molecule has 18 heavy (non-hydrogen) atoms. The molecule has 4 heteroatoms. The van der Waals surface area contributed by atoms with Crippen LogP contribution in [0.15, 0.2) is 0 Å². The summed E-state index contributed by atoms with van der Waals surface area (Å²) in [5.74, 6) is 1.30. The third-order valence-electron chi connectivity index (χ3n) is 3.34. The highest BCUT2D eigenvalue weighted by Gasteiger charge is 2.30. The van der Waals surface area contributed by atoms with Crippen LogP contribution >= 0.6 is 0 Å². The molecule has 0 aromatic carbocycles. The molecule has 0 aromatic heterocycles. The van der Waals surface area contributed by atoms with E-state index in [9.17, 15) is 4.79 Å². The largest absolute Gasteiger partial charge is 0.444 e. The van der Waals surface area contributed by atoms with E-state index < -0.39 is 5.60 Å². The molecular formula is C14H25NO3. The first-order chi connectivity index (χ1) is 8.44. The van der Waals surface area contributed by atoms with E-state index in [0.29, 0.717) is 5.92 Å². The van der Waals surface area contributed by atoms with Crippen LogP contribution in [0.5, 0.6) is 0 Å². The number of carbonyl (C=O) groups excluding carboxylic acids is 1. The quantitative estimate of drug-likeness (QED) is 0.775. The van der Waals surface area contributed by atoms with Gasteiger partial charge >= 0.3 is 6.09 Å². The molecule has 0 unspecified atom stereocenters. The first kappa shape index (κ1) is 13.7. The van der Waals surface area contributed by atoms with Gasteiger partial charge in [-0.05, 0) is 46.0 Å². The molecule has 0 spiro atoms. The number of likely N-dealkylation sites (tertiary alicyclic amines) is 1. The zero-order valence-electron chi connectivity index (χ0n) is 11.8. The topological polar surface area (TPSA) is 38.8 Å². The monoisotopic (exact) mass is 255 g/mol. The van der Waals surface area contributed by atoms with Crippen LogP contribution < -0.4 is 0 Å². The molecule has 4 nitrogen and oxygen atoms in total. The van der Waals surface area contributed by atoms with Crippen molar-refractivity contribution >= 4 is 6.09 Å². The van der Waals surface area contributed by atoms with E-state index in [4.69, 9.17) is 9.47 Å². The van der Waals surface area contributed by atoms with Gasteiger partial charge in [-0.1, -0.05) is 0 Å². The molecule has 0 N–H and O–H groups in total. The highest BCUT2D eigenvalue weighted by atomic mass is 16.6. The summed E-state index contributed by atoms with van der Waals surface area (Å²) in [5, 5.41) is 0. The lowest BCUT2D eigenvalue weighted by Crippen LogP contribution is -2.35. The Morgan fingerprint density at radius 1 is 1.17 bits per heavy atom. The average molecular weight is 255 g/mol. The Morgan fingerprint density at radius 2 is 1.83 bits per heavy atom. The van der Waals surface area contributed by atoms with Gasteiger partial charge in [0.25, 0.3) is 0 Å². The molecule has 0 radical (unpaired) electrons. The van der Waals surface area contributed by atoms with Gasteiger partial charge in [0.2, 0.25) is 0 Å². The van der Waals surface area contributed by atoms with Crippen LogP contribution in [0.3, 0.4) is 0 Å². The van der Waals surface area contributed by atoms with Gasteiger partial charge in [-0.25, -0.2) is 4.79 Å². The van der Waals surface area contributed by atoms with Crippen LogP contribution in [0.2, 0.25) is 0 Å². The molecule has 1 saturated carbocycles. The summed E-state index contributed by atoms with van der Waals surface area (Å²) >= 11 is 0. The second-order valence-corrected chi connectivity index (χ2v) is 6.56. The zero-order chi connectivity index (χ0) is 13.2. The lowest BCUT2D eigenvalue weighted by molar-refractivity contribution is 0.0273. The smallest absolute Gasteiger partial charge is 0.410 e. The maximum atomic E-state index is 11.9. The summed E-state index contributed by atoms with van der Waals surface area (Å²) in [5.41, 5.74) is -0.405. The predicted octanol–water partition coefficient (Wildman–Crippen LogP) is 2.67. The summed E-state index contributed by atoms with van der Waals surface area (Å²) in [6.45, 7) is 8.97. The lowest BCUT2D eigenvalue weighted by Gasteiger charge is -2.24. The fourth-order valence-corrected chi connectivity index (χ4v) is 2.15. The molecule has 1 atom stereocenters. The standard InChI is InChI=1S/C14H25NO3/c1-14(2,3)18-13(16)15-7-6-12(8-15)10-17-9-11-4-5-11/h11-12H,4-10H2,1-3H3/t12-/m1/s1. The molecule has 1 amide bonds. The van der Waals surface area contributed by atoms with Crippen LogP contribution in [-0.4, -0.2) is 42.9 Å². The first-order valence-electron chi connectivity index (χ1n) is 7.00. The number of hydrogen-bond acceptors (Lipinski definition) is 3. The van der Waals surface area contributed by atoms with Gasteiger partial charge in [0.05, 0.1) is 6.61 Å². The first-order valence-corrected chi connectivity index (χ1v) is 7.00. The molecule has 0 aromatic rings. The van der Waals surface area contributed by atoms with Crippen LogP contribution in [0.4, 0.5) is 4.79 Å². The molecule has 2 rings (SSSR count).